The monoisotopic (exact) mass is 1840 g/mol. The largest absolute Gasteiger partial charge is 0.456 e. The Bertz CT molecular complexity index is 8940. The van der Waals surface area contributed by atoms with Crippen LogP contribution in [0.15, 0.2) is 538 Å². The summed E-state index contributed by atoms with van der Waals surface area (Å²) in [6.07, 6.45) is 0. The third-order valence-electron chi connectivity index (χ3n) is 26.5. The average molecular weight is 1850 g/mol. The first-order chi connectivity index (χ1) is 69.4. The number of fused-ring (bicyclic) bond motifs is 13. The summed E-state index contributed by atoms with van der Waals surface area (Å²) >= 11 is 5.55. The topological polar surface area (TPSA) is 32.6 Å². The first-order valence-electron chi connectivity index (χ1n) is 47.3. The number of benzene rings is 22. The fourth-order valence-electron chi connectivity index (χ4n) is 20.1. The Hall–Kier alpha value is -17.6. The van der Waals surface area contributed by atoms with Crippen molar-refractivity contribution in [3.05, 3.63) is 534 Å². The molecule has 0 saturated heterocycles. The summed E-state index contributed by atoms with van der Waals surface area (Å²) in [5.41, 5.74) is 28.5. The molecule has 4 heterocycles. The van der Waals surface area contributed by atoms with Crippen LogP contribution in [0.4, 0.5) is 102 Å². The van der Waals surface area contributed by atoms with E-state index in [1.807, 2.05) is 46.1 Å². The Morgan fingerprint density at radius 3 is 0.850 bits per heavy atom. The molecular weight excluding hydrogens is 1760 g/mol. The highest BCUT2D eigenvalue weighted by molar-refractivity contribution is 7.26. The predicted molar refractivity (Wildman–Crippen MR) is 601 cm³/mol. The van der Waals surface area contributed by atoms with E-state index in [9.17, 15) is 0 Å². The highest BCUT2D eigenvalue weighted by Crippen LogP contribution is 2.51. The Morgan fingerprint density at radius 2 is 0.393 bits per heavy atom. The maximum absolute atomic E-state index is 6.51. The van der Waals surface area contributed by atoms with Crippen LogP contribution in [0.2, 0.25) is 0 Å². The van der Waals surface area contributed by atoms with E-state index < -0.39 is 0 Å². The quantitative estimate of drug-likeness (QED) is 0.0709. The molecule has 0 aliphatic heterocycles. The second-order valence-electron chi connectivity index (χ2n) is 35.1. The summed E-state index contributed by atoms with van der Waals surface area (Å²) in [6, 6.07) is 193. The summed E-state index contributed by atoms with van der Waals surface area (Å²) < 4.78 is 14.1. The average Bonchev–Trinajstić information content (AvgIpc) is 1.59. The number of furan rings is 1. The van der Waals surface area contributed by atoms with Gasteiger partial charge in [-0.15, -0.1) is 34.0 Å². The van der Waals surface area contributed by atoms with Gasteiger partial charge in [-0.2, -0.15) is 0 Å². The molecular formula is C130H88N6OS3. The molecule has 0 fully saturated rings. The van der Waals surface area contributed by atoms with Crippen molar-refractivity contribution < 1.29 is 4.42 Å². The van der Waals surface area contributed by atoms with Crippen molar-refractivity contribution in [2.45, 2.75) is 0 Å². The Morgan fingerprint density at radius 1 is 0.129 bits per heavy atom. The van der Waals surface area contributed by atoms with E-state index >= 15 is 0 Å². The molecule has 10 heteroatoms. The number of hydrogen-bond acceptors (Lipinski definition) is 10. The van der Waals surface area contributed by atoms with Crippen LogP contribution in [-0.2, 0) is 0 Å². The third-order valence-corrected chi connectivity index (χ3v) is 30.0. The molecule has 0 aliphatic carbocycles. The minimum atomic E-state index is 0.853. The lowest BCUT2D eigenvalue weighted by Gasteiger charge is -2.29. The molecule has 662 valence electrons. The SMILES string of the molecule is c1ccc(N(c2cccc(-c3ccc4sc5cc(N(c6cccc(N(c7ccccc7)c7ccccc7)c6)c6ccc7c(c6)oc6ccccc67)ccc5c4c3)c2)c2cccc(-c3cccc4ccccc34)c2)cc1.c1ccc(N(c2ccccc2)c2cccc(-c3ccc4sc5cc(N(c6cccc(N(c7ccccc7)c7ccccc7)c6)c6ccc7sc8ccccc8c7c6)ccc5c4c3)c2)cc1. The van der Waals surface area contributed by atoms with Crippen LogP contribution in [0.5, 0.6) is 0 Å². The second kappa shape index (κ2) is 36.9. The number of para-hydroxylation sites is 8. The van der Waals surface area contributed by atoms with E-state index in [2.05, 4.69) is 551 Å². The van der Waals surface area contributed by atoms with Crippen LogP contribution < -0.4 is 29.4 Å². The van der Waals surface area contributed by atoms with Gasteiger partial charge in [0.2, 0.25) is 0 Å². The summed E-state index contributed by atoms with van der Waals surface area (Å²) in [7, 11) is 0. The molecule has 26 rings (SSSR count). The van der Waals surface area contributed by atoms with Crippen molar-refractivity contribution in [3.63, 3.8) is 0 Å². The Labute approximate surface area is 824 Å². The van der Waals surface area contributed by atoms with Crippen LogP contribution in [-0.4, -0.2) is 0 Å². The fourth-order valence-corrected chi connectivity index (χ4v) is 23.4. The predicted octanol–water partition coefficient (Wildman–Crippen LogP) is 39.3. The van der Waals surface area contributed by atoms with Crippen LogP contribution in [0.1, 0.15) is 0 Å². The van der Waals surface area contributed by atoms with Crippen molar-refractivity contribution in [2.75, 3.05) is 29.4 Å². The number of anilines is 18. The van der Waals surface area contributed by atoms with Crippen molar-refractivity contribution in [1.82, 2.24) is 0 Å². The molecule has 22 aromatic carbocycles. The van der Waals surface area contributed by atoms with Crippen LogP contribution >= 0.6 is 34.0 Å². The van der Waals surface area contributed by atoms with E-state index in [1.54, 1.807) is 0 Å². The molecule has 0 radical (unpaired) electrons. The minimum absolute atomic E-state index is 0.853. The van der Waals surface area contributed by atoms with Gasteiger partial charge in [-0.3, -0.25) is 0 Å². The summed E-state index contributed by atoms with van der Waals surface area (Å²) in [6.45, 7) is 0. The molecule has 0 unspecified atom stereocenters. The molecule has 140 heavy (non-hydrogen) atoms. The van der Waals surface area contributed by atoms with Crippen LogP contribution in [0.3, 0.4) is 0 Å². The molecule has 0 amide bonds. The molecule has 0 bridgehead atoms. The van der Waals surface area contributed by atoms with E-state index in [0.717, 1.165) is 130 Å². The van der Waals surface area contributed by atoms with E-state index in [4.69, 9.17) is 4.42 Å². The van der Waals surface area contributed by atoms with Gasteiger partial charge in [0.1, 0.15) is 11.2 Å². The van der Waals surface area contributed by atoms with Gasteiger partial charge in [-0.25, -0.2) is 0 Å². The molecule has 0 saturated carbocycles. The van der Waals surface area contributed by atoms with Gasteiger partial charge < -0.3 is 33.8 Å². The molecule has 4 aromatic heterocycles. The van der Waals surface area contributed by atoms with Gasteiger partial charge in [-0.05, 0) is 293 Å². The Kier molecular flexibility index (Phi) is 22.2. The van der Waals surface area contributed by atoms with E-state index in [1.165, 1.54) is 99.1 Å². The summed E-state index contributed by atoms with van der Waals surface area (Å²) in [5.74, 6) is 0. The van der Waals surface area contributed by atoms with Gasteiger partial charge in [0.25, 0.3) is 0 Å². The zero-order valence-electron chi connectivity index (χ0n) is 76.1. The fraction of sp³-hybridized carbons (Fsp3) is 0. The molecule has 0 atom stereocenters. The van der Waals surface area contributed by atoms with E-state index in [-0.39, 0.29) is 0 Å². The summed E-state index contributed by atoms with van der Waals surface area (Å²) in [5, 5.41) is 12.3. The zero-order chi connectivity index (χ0) is 92.8. The number of hydrogen-bond donors (Lipinski definition) is 0. The lowest BCUT2D eigenvalue weighted by molar-refractivity contribution is 0.669. The normalized spacial score (nSPS) is 11.4. The maximum Gasteiger partial charge on any atom is 0.137 e. The van der Waals surface area contributed by atoms with Crippen molar-refractivity contribution >= 4 is 230 Å². The first kappa shape index (κ1) is 84.1. The van der Waals surface area contributed by atoms with Crippen molar-refractivity contribution in [3.8, 4) is 33.4 Å². The molecule has 0 N–H and O–H groups in total. The van der Waals surface area contributed by atoms with Gasteiger partial charge in [-0.1, -0.05) is 279 Å². The molecule has 0 spiro atoms. The third kappa shape index (κ3) is 16.2. The second-order valence-corrected chi connectivity index (χ2v) is 38.4. The van der Waals surface area contributed by atoms with Crippen LogP contribution in [0, 0.1) is 0 Å². The lowest BCUT2D eigenvalue weighted by Crippen LogP contribution is -2.13. The van der Waals surface area contributed by atoms with Gasteiger partial charge in [0.15, 0.2) is 0 Å². The standard InChI is InChI=1S/C70H47N3OS.C60H41N3S2/c1-4-22-52(23-5-1)71(53-24-6-2-7-25-53)57-30-17-31-58(45-57)73(59-37-39-64-63-33-12-13-35-67(63)74-68(64)46-59)60-38-40-65-66-44-50(36-41-69(66)75-70(65)47-60)49-20-14-28-55(42-49)72(54-26-8-3-9-27-54)56-29-15-21-51(43-56)62-34-16-19-48-18-10-11-32-61(48)62;1-5-18-44(19-6-1)61(45-20-7-2-8-21-45)48-26-15-17-42(37-48)43-31-35-58-55(38-43)54-34-32-52(41-60(54)65-58)63(51-33-36-59-56(40-51)53-29-13-14-30-57(53)64-59)50-28-16-27-49(39-50)62(46-22-9-3-10-23-46)47-24-11-4-12-25-47/h1-47H;1-41H. The van der Waals surface area contributed by atoms with Crippen molar-refractivity contribution in [2.24, 2.45) is 0 Å². The smallest absolute Gasteiger partial charge is 0.137 e. The van der Waals surface area contributed by atoms with Gasteiger partial charge in [0, 0.05) is 180 Å². The van der Waals surface area contributed by atoms with Crippen LogP contribution in [0.25, 0.3) is 127 Å². The minimum Gasteiger partial charge on any atom is -0.456 e. The first-order valence-corrected chi connectivity index (χ1v) is 49.7. The highest BCUT2D eigenvalue weighted by Gasteiger charge is 2.26. The zero-order valence-corrected chi connectivity index (χ0v) is 78.6. The lowest BCUT2D eigenvalue weighted by atomic mass is 9.97. The van der Waals surface area contributed by atoms with E-state index in [0.29, 0.717) is 0 Å². The number of thiophene rings is 3. The summed E-state index contributed by atoms with van der Waals surface area (Å²) in [4.78, 5) is 14.1. The van der Waals surface area contributed by atoms with Gasteiger partial charge in [0.05, 0.1) is 0 Å². The Balaban J connectivity index is 0.000000149. The van der Waals surface area contributed by atoms with Gasteiger partial charge >= 0.3 is 0 Å². The molecule has 0 aliphatic rings. The maximum atomic E-state index is 6.51. The highest BCUT2D eigenvalue weighted by atomic mass is 32.1. The van der Waals surface area contributed by atoms with Crippen molar-refractivity contribution in [1.29, 1.82) is 0 Å². The number of nitrogens with zero attached hydrogens (tertiary/aromatic N) is 6. The molecule has 26 aromatic rings. The number of rotatable bonds is 21. The molecule has 7 nitrogen and oxygen atoms in total.